The molecule has 2 aromatic carbocycles. The SMILES string of the molecule is CC(=O)N(c1ccccc1Cl)c1onc(-c2cc(Cl)cc(Cl)c2)c1-c1ccncc1. The van der Waals surface area contributed by atoms with E-state index < -0.39 is 0 Å². The Balaban J connectivity index is 2.00. The van der Waals surface area contributed by atoms with Gasteiger partial charge in [0, 0.05) is 34.9 Å². The molecule has 0 N–H and O–H groups in total. The average Bonchev–Trinajstić information content (AvgIpc) is 3.14. The van der Waals surface area contributed by atoms with Crippen molar-refractivity contribution in [3.8, 4) is 22.4 Å². The minimum Gasteiger partial charge on any atom is -0.337 e. The highest BCUT2D eigenvalue weighted by molar-refractivity contribution is 6.35. The first-order chi connectivity index (χ1) is 14.5. The topological polar surface area (TPSA) is 59.2 Å². The zero-order chi connectivity index (χ0) is 21.3. The third-order valence-corrected chi connectivity index (χ3v) is 5.15. The number of carbonyl (C=O) groups is 1. The van der Waals surface area contributed by atoms with Gasteiger partial charge in [0.05, 0.1) is 16.3 Å². The van der Waals surface area contributed by atoms with Gasteiger partial charge in [-0.25, -0.2) is 4.90 Å². The molecule has 1 amide bonds. The molecule has 0 aliphatic carbocycles. The monoisotopic (exact) mass is 457 g/mol. The van der Waals surface area contributed by atoms with E-state index in [2.05, 4.69) is 10.1 Å². The number of carbonyl (C=O) groups excluding carboxylic acids is 1. The van der Waals surface area contributed by atoms with Gasteiger partial charge in [-0.05, 0) is 48.0 Å². The summed E-state index contributed by atoms with van der Waals surface area (Å²) in [6.45, 7) is 1.43. The molecule has 0 aliphatic rings. The second-order valence-electron chi connectivity index (χ2n) is 6.41. The molecule has 0 spiro atoms. The summed E-state index contributed by atoms with van der Waals surface area (Å²) in [5.74, 6) is -0.0573. The predicted molar refractivity (Wildman–Crippen MR) is 119 cm³/mol. The number of hydrogen-bond acceptors (Lipinski definition) is 4. The molecule has 0 saturated heterocycles. The van der Waals surface area contributed by atoms with Gasteiger partial charge < -0.3 is 4.52 Å². The van der Waals surface area contributed by atoms with Crippen molar-refractivity contribution in [3.63, 3.8) is 0 Å². The van der Waals surface area contributed by atoms with Crippen LogP contribution in [0.25, 0.3) is 22.4 Å². The Bertz CT molecular complexity index is 1210. The maximum Gasteiger partial charge on any atom is 0.247 e. The number of nitrogens with zero attached hydrogens (tertiary/aromatic N) is 3. The van der Waals surface area contributed by atoms with Crippen molar-refractivity contribution in [1.82, 2.24) is 10.1 Å². The Kier molecular flexibility index (Phi) is 5.77. The van der Waals surface area contributed by atoms with Gasteiger partial charge in [-0.1, -0.05) is 52.1 Å². The second kappa shape index (κ2) is 8.48. The minimum atomic E-state index is -0.287. The zero-order valence-corrected chi connectivity index (χ0v) is 17.9. The molecule has 8 heteroatoms. The molecule has 5 nitrogen and oxygen atoms in total. The Morgan fingerprint density at radius 3 is 2.23 bits per heavy atom. The number of aromatic nitrogens is 2. The number of para-hydroxylation sites is 1. The van der Waals surface area contributed by atoms with Crippen LogP contribution in [0.15, 0.2) is 71.5 Å². The van der Waals surface area contributed by atoms with Crippen molar-refractivity contribution < 1.29 is 9.32 Å². The number of rotatable bonds is 4. The molecule has 0 unspecified atom stereocenters. The molecule has 0 fully saturated rings. The lowest BCUT2D eigenvalue weighted by molar-refractivity contribution is -0.116. The Morgan fingerprint density at radius 1 is 0.933 bits per heavy atom. The fraction of sp³-hybridized carbons (Fsp3) is 0.0455. The Labute approximate surface area is 187 Å². The van der Waals surface area contributed by atoms with E-state index in [4.69, 9.17) is 39.3 Å². The van der Waals surface area contributed by atoms with Crippen LogP contribution in [0.2, 0.25) is 15.1 Å². The fourth-order valence-corrected chi connectivity index (χ4v) is 3.90. The van der Waals surface area contributed by atoms with Crippen LogP contribution in [-0.2, 0) is 4.79 Å². The summed E-state index contributed by atoms with van der Waals surface area (Å²) in [5, 5.41) is 5.57. The van der Waals surface area contributed by atoms with Crippen molar-refractivity contribution in [2.45, 2.75) is 6.92 Å². The highest BCUT2D eigenvalue weighted by Crippen LogP contribution is 2.44. The van der Waals surface area contributed by atoms with Gasteiger partial charge in [-0.3, -0.25) is 9.78 Å². The Morgan fingerprint density at radius 2 is 1.60 bits per heavy atom. The smallest absolute Gasteiger partial charge is 0.247 e. The first-order valence-corrected chi connectivity index (χ1v) is 10.0. The summed E-state index contributed by atoms with van der Waals surface area (Å²) in [4.78, 5) is 18.1. The summed E-state index contributed by atoms with van der Waals surface area (Å²) in [6, 6.07) is 15.7. The molecule has 4 rings (SSSR count). The van der Waals surface area contributed by atoms with Crippen LogP contribution < -0.4 is 4.90 Å². The predicted octanol–water partition coefficient (Wildman–Crippen LogP) is 7.05. The van der Waals surface area contributed by atoms with Crippen LogP contribution in [0.5, 0.6) is 0 Å². The molecule has 0 bridgehead atoms. The highest BCUT2D eigenvalue weighted by Gasteiger charge is 2.28. The summed E-state index contributed by atoms with van der Waals surface area (Å²) >= 11 is 18.8. The van der Waals surface area contributed by atoms with E-state index in [1.165, 1.54) is 11.8 Å². The minimum absolute atomic E-state index is 0.230. The summed E-state index contributed by atoms with van der Waals surface area (Å²) in [7, 11) is 0. The standard InChI is InChI=1S/C22H14Cl3N3O2/c1-13(29)28(19-5-3-2-4-18(19)25)22-20(14-6-8-26-9-7-14)21(27-30-22)15-10-16(23)12-17(24)11-15/h2-12H,1H3. The molecule has 0 radical (unpaired) electrons. The molecular weight excluding hydrogens is 445 g/mol. The third-order valence-electron chi connectivity index (χ3n) is 4.39. The molecule has 0 atom stereocenters. The zero-order valence-electron chi connectivity index (χ0n) is 15.6. The largest absolute Gasteiger partial charge is 0.337 e. The number of benzene rings is 2. The summed E-state index contributed by atoms with van der Waals surface area (Å²) < 4.78 is 5.71. The fourth-order valence-electron chi connectivity index (χ4n) is 3.16. The van der Waals surface area contributed by atoms with Crippen LogP contribution in [0, 0.1) is 0 Å². The van der Waals surface area contributed by atoms with Gasteiger partial charge in [0.15, 0.2) is 0 Å². The van der Waals surface area contributed by atoms with Crippen molar-refractivity contribution >= 4 is 52.3 Å². The van der Waals surface area contributed by atoms with E-state index in [1.807, 2.05) is 0 Å². The van der Waals surface area contributed by atoms with Crippen LogP contribution in [0.1, 0.15) is 6.92 Å². The van der Waals surface area contributed by atoms with E-state index >= 15 is 0 Å². The maximum absolute atomic E-state index is 12.7. The lowest BCUT2D eigenvalue weighted by atomic mass is 10.0. The maximum atomic E-state index is 12.7. The molecule has 4 aromatic rings. The first kappa shape index (κ1) is 20.4. The quantitative estimate of drug-likeness (QED) is 0.329. The van der Waals surface area contributed by atoms with Crippen molar-refractivity contribution in [2.75, 3.05) is 4.90 Å². The van der Waals surface area contributed by atoms with E-state index in [0.29, 0.717) is 37.6 Å². The molecule has 30 heavy (non-hydrogen) atoms. The second-order valence-corrected chi connectivity index (χ2v) is 7.69. The molecular formula is C22H14Cl3N3O2. The van der Waals surface area contributed by atoms with Gasteiger partial charge in [0.25, 0.3) is 0 Å². The molecule has 2 aromatic heterocycles. The lowest BCUT2D eigenvalue weighted by Crippen LogP contribution is -2.23. The first-order valence-electron chi connectivity index (χ1n) is 8.87. The van der Waals surface area contributed by atoms with Crippen LogP contribution in [0.3, 0.4) is 0 Å². The number of anilines is 2. The van der Waals surface area contributed by atoms with Crippen molar-refractivity contribution in [3.05, 3.63) is 82.1 Å². The number of halogens is 3. The highest BCUT2D eigenvalue weighted by atomic mass is 35.5. The van der Waals surface area contributed by atoms with E-state index in [9.17, 15) is 4.79 Å². The molecule has 0 aliphatic heterocycles. The van der Waals surface area contributed by atoms with E-state index in [0.717, 1.165) is 5.56 Å². The normalized spacial score (nSPS) is 10.8. The van der Waals surface area contributed by atoms with Gasteiger partial charge in [0.1, 0.15) is 5.69 Å². The molecule has 2 heterocycles. The van der Waals surface area contributed by atoms with Crippen LogP contribution in [-0.4, -0.2) is 16.0 Å². The molecule has 150 valence electrons. The lowest BCUT2D eigenvalue weighted by Gasteiger charge is -2.20. The third kappa shape index (κ3) is 3.92. The summed E-state index contributed by atoms with van der Waals surface area (Å²) in [6.07, 6.45) is 3.29. The summed E-state index contributed by atoms with van der Waals surface area (Å²) in [5.41, 5.74) is 2.96. The van der Waals surface area contributed by atoms with E-state index in [-0.39, 0.29) is 11.8 Å². The van der Waals surface area contributed by atoms with Gasteiger partial charge >= 0.3 is 0 Å². The number of amides is 1. The number of pyridine rings is 1. The van der Waals surface area contributed by atoms with Crippen molar-refractivity contribution in [1.29, 1.82) is 0 Å². The molecule has 0 saturated carbocycles. The van der Waals surface area contributed by atoms with Crippen molar-refractivity contribution in [2.24, 2.45) is 0 Å². The van der Waals surface area contributed by atoms with Gasteiger partial charge in [-0.15, -0.1) is 0 Å². The Hall–Kier alpha value is -2.86. The van der Waals surface area contributed by atoms with Gasteiger partial charge in [-0.2, -0.15) is 0 Å². The number of hydrogen-bond donors (Lipinski definition) is 0. The van der Waals surface area contributed by atoms with Crippen LogP contribution in [0.4, 0.5) is 11.6 Å². The van der Waals surface area contributed by atoms with E-state index in [1.54, 1.807) is 67.0 Å². The average molecular weight is 459 g/mol. The van der Waals surface area contributed by atoms with Gasteiger partial charge in [0.2, 0.25) is 11.8 Å². The van der Waals surface area contributed by atoms with Crippen LogP contribution >= 0.6 is 34.8 Å².